The van der Waals surface area contributed by atoms with Gasteiger partial charge in [0.1, 0.15) is 5.76 Å². The number of nitrogens with one attached hydrogen (secondary N) is 2. The Balaban J connectivity index is 0.00000208. The smallest absolute Gasteiger partial charge is 0.231 e. The summed E-state index contributed by atoms with van der Waals surface area (Å²) in [5.74, 6) is 3.09. The van der Waals surface area contributed by atoms with Crippen molar-refractivity contribution in [2.75, 3.05) is 13.8 Å². The minimum Gasteiger partial charge on any atom is -0.454 e. The summed E-state index contributed by atoms with van der Waals surface area (Å²) < 4.78 is 16.0. The number of aliphatic imine (C=N–C) groups is 1. The summed E-state index contributed by atoms with van der Waals surface area (Å²) in [5, 5.41) is 10.5. The molecule has 1 aromatic heterocycles. The van der Waals surface area contributed by atoms with Crippen LogP contribution in [-0.2, 0) is 13.1 Å². The van der Waals surface area contributed by atoms with Gasteiger partial charge in [-0.15, -0.1) is 24.0 Å². The summed E-state index contributed by atoms with van der Waals surface area (Å²) in [7, 11) is 1.73. The molecule has 2 heterocycles. The molecule has 0 bridgehead atoms. The van der Waals surface area contributed by atoms with Crippen molar-refractivity contribution >= 4 is 29.9 Å². The number of rotatable bonds is 4. The molecule has 0 radical (unpaired) electrons. The molecule has 0 atom stereocenters. The Labute approximate surface area is 157 Å². The second-order valence-corrected chi connectivity index (χ2v) is 5.23. The Morgan fingerprint density at radius 1 is 1.21 bits per heavy atom. The van der Waals surface area contributed by atoms with Gasteiger partial charge < -0.3 is 24.6 Å². The number of ether oxygens (including phenoxy) is 2. The van der Waals surface area contributed by atoms with E-state index < -0.39 is 0 Å². The van der Waals surface area contributed by atoms with Gasteiger partial charge >= 0.3 is 0 Å². The van der Waals surface area contributed by atoms with Crippen LogP contribution in [0.3, 0.4) is 0 Å². The fourth-order valence-corrected chi connectivity index (χ4v) is 2.46. The predicted molar refractivity (Wildman–Crippen MR) is 101 cm³/mol. The number of benzene rings is 1. The molecule has 0 amide bonds. The molecule has 0 saturated carbocycles. The first-order chi connectivity index (χ1) is 11.2. The van der Waals surface area contributed by atoms with Crippen LogP contribution in [0.5, 0.6) is 11.5 Å². The minimum atomic E-state index is 0. The molecule has 1 aromatic carbocycles. The van der Waals surface area contributed by atoms with E-state index >= 15 is 0 Å². The highest BCUT2D eigenvalue weighted by molar-refractivity contribution is 14.0. The van der Waals surface area contributed by atoms with Gasteiger partial charge in [-0.25, -0.2) is 0 Å². The van der Waals surface area contributed by atoms with E-state index in [0.29, 0.717) is 19.0 Å². The fourth-order valence-electron chi connectivity index (χ4n) is 2.46. The average molecular weight is 444 g/mol. The quantitative estimate of drug-likeness (QED) is 0.429. The molecule has 3 rings (SSSR count). The highest BCUT2D eigenvalue weighted by atomic mass is 127. The van der Waals surface area contributed by atoms with Crippen molar-refractivity contribution in [2.24, 2.45) is 4.99 Å². The Bertz CT molecular complexity index is 711. The summed E-state index contributed by atoms with van der Waals surface area (Å²) >= 11 is 0. The van der Waals surface area contributed by atoms with Gasteiger partial charge in [0, 0.05) is 31.3 Å². The Morgan fingerprint density at radius 2 is 2.00 bits per heavy atom. The summed E-state index contributed by atoms with van der Waals surface area (Å²) in [6.45, 7) is 5.29. The molecule has 0 aliphatic carbocycles. The van der Waals surface area contributed by atoms with E-state index in [1.54, 1.807) is 7.05 Å². The van der Waals surface area contributed by atoms with Crippen molar-refractivity contribution in [1.29, 1.82) is 0 Å². The molecule has 24 heavy (non-hydrogen) atoms. The zero-order chi connectivity index (χ0) is 16.2. The van der Waals surface area contributed by atoms with E-state index in [2.05, 4.69) is 20.8 Å². The number of hydrogen-bond acceptors (Lipinski definition) is 5. The summed E-state index contributed by atoms with van der Waals surface area (Å²) in [6, 6.07) is 5.85. The van der Waals surface area contributed by atoms with Crippen molar-refractivity contribution in [3.63, 3.8) is 0 Å². The van der Waals surface area contributed by atoms with Crippen molar-refractivity contribution in [2.45, 2.75) is 26.9 Å². The molecule has 7 nitrogen and oxygen atoms in total. The second-order valence-electron chi connectivity index (χ2n) is 5.23. The molecule has 0 spiro atoms. The second kappa shape index (κ2) is 8.22. The topological polar surface area (TPSA) is 80.9 Å². The fraction of sp³-hybridized carbons (Fsp3) is 0.375. The van der Waals surface area contributed by atoms with E-state index in [4.69, 9.17) is 14.0 Å². The van der Waals surface area contributed by atoms with E-state index in [0.717, 1.165) is 34.1 Å². The van der Waals surface area contributed by atoms with Crippen LogP contribution in [0.25, 0.3) is 0 Å². The lowest BCUT2D eigenvalue weighted by Gasteiger charge is -2.12. The SMILES string of the molecule is CN=C(NCc1cccc2c1OCO2)NCc1c(C)noc1C.I. The summed E-state index contributed by atoms with van der Waals surface area (Å²) in [5.41, 5.74) is 2.96. The van der Waals surface area contributed by atoms with Crippen LogP contribution in [-0.4, -0.2) is 25.0 Å². The van der Waals surface area contributed by atoms with Gasteiger partial charge in [0.15, 0.2) is 17.5 Å². The lowest BCUT2D eigenvalue weighted by atomic mass is 10.2. The number of para-hydroxylation sites is 1. The maximum absolute atomic E-state index is 5.50. The number of hydrogen-bond donors (Lipinski definition) is 2. The third-order valence-electron chi connectivity index (χ3n) is 3.76. The number of nitrogens with zero attached hydrogens (tertiary/aromatic N) is 2. The normalized spacial score (nSPS) is 12.7. The van der Waals surface area contributed by atoms with E-state index in [1.807, 2.05) is 32.0 Å². The largest absolute Gasteiger partial charge is 0.454 e. The predicted octanol–water partition coefficient (Wildman–Crippen LogP) is 2.50. The molecular formula is C16H21IN4O3. The monoisotopic (exact) mass is 444 g/mol. The van der Waals surface area contributed by atoms with Gasteiger partial charge in [-0.1, -0.05) is 17.3 Å². The number of aryl methyl sites for hydroxylation is 2. The highest BCUT2D eigenvalue weighted by Crippen LogP contribution is 2.35. The zero-order valence-electron chi connectivity index (χ0n) is 13.9. The molecular weight excluding hydrogens is 423 g/mol. The molecule has 0 saturated heterocycles. The summed E-state index contributed by atoms with van der Waals surface area (Å²) in [6.07, 6.45) is 0. The van der Waals surface area contributed by atoms with Gasteiger partial charge in [-0.3, -0.25) is 4.99 Å². The van der Waals surface area contributed by atoms with Crippen LogP contribution in [0.2, 0.25) is 0 Å². The number of fused-ring (bicyclic) bond motifs is 1. The lowest BCUT2D eigenvalue weighted by Crippen LogP contribution is -2.36. The van der Waals surface area contributed by atoms with Crippen molar-refractivity contribution in [3.8, 4) is 11.5 Å². The Morgan fingerprint density at radius 3 is 2.71 bits per heavy atom. The van der Waals surface area contributed by atoms with Gasteiger partial charge in [0.05, 0.1) is 5.69 Å². The molecule has 1 aliphatic heterocycles. The number of guanidine groups is 1. The van der Waals surface area contributed by atoms with Crippen LogP contribution in [0, 0.1) is 13.8 Å². The van der Waals surface area contributed by atoms with Crippen molar-refractivity contribution in [3.05, 3.63) is 40.8 Å². The molecule has 2 aromatic rings. The average Bonchev–Trinajstić information content (AvgIpc) is 3.16. The van der Waals surface area contributed by atoms with Crippen LogP contribution in [0.15, 0.2) is 27.7 Å². The third-order valence-corrected chi connectivity index (χ3v) is 3.76. The maximum Gasteiger partial charge on any atom is 0.231 e. The van der Waals surface area contributed by atoms with E-state index in [9.17, 15) is 0 Å². The van der Waals surface area contributed by atoms with Gasteiger partial charge in [-0.2, -0.15) is 0 Å². The maximum atomic E-state index is 5.50. The van der Waals surface area contributed by atoms with Crippen molar-refractivity contribution < 1.29 is 14.0 Å². The molecule has 2 N–H and O–H groups in total. The van der Waals surface area contributed by atoms with E-state index in [1.165, 1.54) is 0 Å². The summed E-state index contributed by atoms with van der Waals surface area (Å²) in [4.78, 5) is 4.23. The zero-order valence-corrected chi connectivity index (χ0v) is 16.2. The van der Waals surface area contributed by atoms with Crippen LogP contribution < -0.4 is 20.1 Å². The first kappa shape index (κ1) is 18.4. The first-order valence-electron chi connectivity index (χ1n) is 7.42. The number of halogens is 1. The molecule has 0 fully saturated rings. The molecule has 0 unspecified atom stereocenters. The minimum absolute atomic E-state index is 0. The van der Waals surface area contributed by atoms with Gasteiger partial charge in [-0.05, 0) is 19.9 Å². The van der Waals surface area contributed by atoms with E-state index in [-0.39, 0.29) is 30.8 Å². The van der Waals surface area contributed by atoms with Crippen molar-refractivity contribution in [1.82, 2.24) is 15.8 Å². The van der Waals surface area contributed by atoms with Crippen LogP contribution in [0.1, 0.15) is 22.6 Å². The third kappa shape index (κ3) is 3.92. The van der Waals surface area contributed by atoms with Gasteiger partial charge in [0.25, 0.3) is 0 Å². The molecule has 8 heteroatoms. The van der Waals surface area contributed by atoms with Crippen LogP contribution >= 0.6 is 24.0 Å². The standard InChI is InChI=1S/C16H20N4O3.HI/c1-10-13(11(2)23-20-10)8-19-16(17-3)18-7-12-5-4-6-14-15(12)22-9-21-14;/h4-6H,7-9H2,1-3H3,(H2,17,18,19);1H. The number of aromatic nitrogens is 1. The molecule has 1 aliphatic rings. The highest BCUT2D eigenvalue weighted by Gasteiger charge is 2.17. The lowest BCUT2D eigenvalue weighted by molar-refractivity contribution is 0.173. The Kier molecular flexibility index (Phi) is 6.29. The van der Waals surface area contributed by atoms with Crippen LogP contribution in [0.4, 0.5) is 0 Å². The van der Waals surface area contributed by atoms with Gasteiger partial charge in [0.2, 0.25) is 6.79 Å². The first-order valence-corrected chi connectivity index (χ1v) is 7.42. The molecule has 130 valence electrons. The Hall–Kier alpha value is -1.97.